The Bertz CT molecular complexity index is 1000. The standard InChI is InChI=1S/C21H20N4O3/c1-14-22-21(28-24-14)17-9-5-6-10-18(17)23-20(27)16-11-19(26)25(13-16)12-15-7-3-2-4-8-15/h2-10,16H,11-13H2,1H3,(H,23,27)/t16-/m1/s1. The van der Waals surface area contributed by atoms with Gasteiger partial charge in [0.15, 0.2) is 5.82 Å². The van der Waals surface area contributed by atoms with Crippen LogP contribution in [0.5, 0.6) is 0 Å². The van der Waals surface area contributed by atoms with Crippen molar-refractivity contribution in [2.24, 2.45) is 5.92 Å². The Morgan fingerprint density at radius 2 is 1.93 bits per heavy atom. The third-order valence-electron chi connectivity index (χ3n) is 4.74. The van der Waals surface area contributed by atoms with Gasteiger partial charge in [-0.3, -0.25) is 9.59 Å². The Hall–Kier alpha value is -3.48. The van der Waals surface area contributed by atoms with Crippen LogP contribution in [0.25, 0.3) is 11.5 Å². The molecule has 4 rings (SSSR count). The van der Waals surface area contributed by atoms with E-state index in [2.05, 4.69) is 15.5 Å². The van der Waals surface area contributed by atoms with Crippen LogP contribution < -0.4 is 5.32 Å². The topological polar surface area (TPSA) is 88.3 Å². The molecular formula is C21H20N4O3. The summed E-state index contributed by atoms with van der Waals surface area (Å²) < 4.78 is 5.22. The lowest BCUT2D eigenvalue weighted by molar-refractivity contribution is -0.128. The third-order valence-corrected chi connectivity index (χ3v) is 4.74. The summed E-state index contributed by atoms with van der Waals surface area (Å²) in [5.41, 5.74) is 2.29. The molecular weight excluding hydrogens is 356 g/mol. The fourth-order valence-electron chi connectivity index (χ4n) is 3.32. The van der Waals surface area contributed by atoms with Crippen LogP contribution in [0.2, 0.25) is 0 Å². The van der Waals surface area contributed by atoms with E-state index in [1.54, 1.807) is 17.9 Å². The monoisotopic (exact) mass is 376 g/mol. The van der Waals surface area contributed by atoms with Crippen molar-refractivity contribution in [3.8, 4) is 11.5 Å². The number of benzene rings is 2. The molecule has 1 aliphatic rings. The minimum absolute atomic E-state index is 0.00943. The van der Waals surface area contributed by atoms with E-state index in [4.69, 9.17) is 4.52 Å². The summed E-state index contributed by atoms with van der Waals surface area (Å²) in [5, 5.41) is 6.72. The van der Waals surface area contributed by atoms with Crippen LogP contribution in [-0.2, 0) is 16.1 Å². The number of carbonyl (C=O) groups is 2. The van der Waals surface area contributed by atoms with Crippen LogP contribution in [0.4, 0.5) is 5.69 Å². The zero-order chi connectivity index (χ0) is 19.5. The number of carbonyl (C=O) groups excluding carboxylic acids is 2. The smallest absolute Gasteiger partial charge is 0.260 e. The molecule has 142 valence electrons. The van der Waals surface area contributed by atoms with Crippen molar-refractivity contribution in [1.82, 2.24) is 15.0 Å². The predicted octanol–water partition coefficient (Wildman–Crippen LogP) is 3.03. The van der Waals surface area contributed by atoms with Gasteiger partial charge in [-0.15, -0.1) is 0 Å². The molecule has 2 amide bonds. The molecule has 0 radical (unpaired) electrons. The van der Waals surface area contributed by atoms with Gasteiger partial charge in [-0.2, -0.15) is 4.98 Å². The summed E-state index contributed by atoms with van der Waals surface area (Å²) in [7, 11) is 0. The van der Waals surface area contributed by atoms with Gasteiger partial charge in [-0.05, 0) is 24.6 Å². The maximum atomic E-state index is 12.8. The largest absolute Gasteiger partial charge is 0.338 e. The van der Waals surface area contributed by atoms with Gasteiger partial charge in [0.1, 0.15) is 0 Å². The second-order valence-corrected chi connectivity index (χ2v) is 6.84. The van der Waals surface area contributed by atoms with Crippen molar-refractivity contribution in [2.75, 3.05) is 11.9 Å². The Labute approximate surface area is 162 Å². The number of nitrogens with one attached hydrogen (secondary N) is 1. The molecule has 2 aromatic carbocycles. The Balaban J connectivity index is 1.46. The molecule has 7 heteroatoms. The molecule has 0 unspecified atom stereocenters. The number of likely N-dealkylation sites (tertiary alicyclic amines) is 1. The second-order valence-electron chi connectivity index (χ2n) is 6.84. The first kappa shape index (κ1) is 17.9. The summed E-state index contributed by atoms with van der Waals surface area (Å²) in [6.07, 6.45) is 0.209. The summed E-state index contributed by atoms with van der Waals surface area (Å²) >= 11 is 0. The Kier molecular flexibility index (Phi) is 4.89. The van der Waals surface area contributed by atoms with Crippen molar-refractivity contribution in [3.05, 3.63) is 66.0 Å². The molecule has 0 bridgehead atoms. The van der Waals surface area contributed by atoms with Gasteiger partial charge in [-0.25, -0.2) is 0 Å². The first-order chi connectivity index (χ1) is 13.6. The van der Waals surface area contributed by atoms with Crippen LogP contribution >= 0.6 is 0 Å². The van der Waals surface area contributed by atoms with Crippen molar-refractivity contribution >= 4 is 17.5 Å². The Morgan fingerprint density at radius 1 is 1.18 bits per heavy atom. The first-order valence-electron chi connectivity index (χ1n) is 9.12. The van der Waals surface area contributed by atoms with E-state index in [1.165, 1.54) is 0 Å². The van der Waals surface area contributed by atoms with Gasteiger partial charge in [0.05, 0.1) is 17.2 Å². The molecule has 1 aromatic heterocycles. The van der Waals surface area contributed by atoms with E-state index in [9.17, 15) is 9.59 Å². The molecule has 28 heavy (non-hydrogen) atoms. The van der Waals surface area contributed by atoms with Crippen molar-refractivity contribution in [3.63, 3.8) is 0 Å². The van der Waals surface area contributed by atoms with Gasteiger partial charge < -0.3 is 14.7 Å². The van der Waals surface area contributed by atoms with Gasteiger partial charge in [0.25, 0.3) is 5.89 Å². The molecule has 7 nitrogen and oxygen atoms in total. The molecule has 0 saturated carbocycles. The van der Waals surface area contributed by atoms with Gasteiger partial charge in [0, 0.05) is 19.5 Å². The van der Waals surface area contributed by atoms with Gasteiger partial charge >= 0.3 is 0 Å². The molecule has 1 aliphatic heterocycles. The number of aromatic nitrogens is 2. The molecule has 1 fully saturated rings. The van der Waals surface area contributed by atoms with Crippen LogP contribution in [0, 0.1) is 12.8 Å². The Morgan fingerprint density at radius 3 is 2.68 bits per heavy atom. The number of hydrogen-bond donors (Lipinski definition) is 1. The number of hydrogen-bond acceptors (Lipinski definition) is 5. The highest BCUT2D eigenvalue weighted by Crippen LogP contribution is 2.28. The molecule has 2 heterocycles. The molecule has 0 aliphatic carbocycles. The maximum Gasteiger partial charge on any atom is 0.260 e. The highest BCUT2D eigenvalue weighted by atomic mass is 16.5. The highest BCUT2D eigenvalue weighted by molar-refractivity contribution is 5.99. The van der Waals surface area contributed by atoms with E-state index in [-0.39, 0.29) is 18.2 Å². The number of rotatable bonds is 5. The van der Waals surface area contributed by atoms with Crippen LogP contribution in [0.1, 0.15) is 17.8 Å². The molecule has 3 aromatic rings. The third kappa shape index (κ3) is 3.78. The van der Waals surface area contributed by atoms with Crippen LogP contribution in [0.15, 0.2) is 59.1 Å². The number of aryl methyl sites for hydroxylation is 1. The van der Waals surface area contributed by atoms with E-state index >= 15 is 0 Å². The summed E-state index contributed by atoms with van der Waals surface area (Å²) in [6.45, 7) is 2.66. The quantitative estimate of drug-likeness (QED) is 0.739. The first-order valence-corrected chi connectivity index (χ1v) is 9.12. The normalized spacial score (nSPS) is 16.4. The zero-order valence-corrected chi connectivity index (χ0v) is 15.5. The minimum atomic E-state index is -0.395. The van der Waals surface area contributed by atoms with Crippen molar-refractivity contribution in [2.45, 2.75) is 19.9 Å². The minimum Gasteiger partial charge on any atom is -0.338 e. The maximum absolute atomic E-state index is 12.8. The van der Waals surface area contributed by atoms with E-state index in [1.807, 2.05) is 48.5 Å². The SMILES string of the molecule is Cc1noc(-c2ccccc2NC(=O)[C@@H]2CC(=O)N(Cc3ccccc3)C2)n1. The summed E-state index contributed by atoms with van der Waals surface area (Å²) in [6, 6.07) is 17.0. The fraction of sp³-hybridized carbons (Fsp3) is 0.238. The average Bonchev–Trinajstić information content (AvgIpc) is 3.29. The second kappa shape index (κ2) is 7.64. The number of nitrogens with zero attached hydrogens (tertiary/aromatic N) is 3. The predicted molar refractivity (Wildman–Crippen MR) is 103 cm³/mol. The zero-order valence-electron chi connectivity index (χ0n) is 15.5. The fourth-order valence-corrected chi connectivity index (χ4v) is 3.32. The average molecular weight is 376 g/mol. The van der Waals surface area contributed by atoms with E-state index < -0.39 is 5.92 Å². The molecule has 1 saturated heterocycles. The summed E-state index contributed by atoms with van der Waals surface area (Å²) in [5.74, 6) is 0.279. The van der Waals surface area contributed by atoms with E-state index in [0.717, 1.165) is 5.56 Å². The van der Waals surface area contributed by atoms with Crippen LogP contribution in [0.3, 0.4) is 0 Å². The van der Waals surface area contributed by atoms with E-state index in [0.29, 0.717) is 36.1 Å². The summed E-state index contributed by atoms with van der Waals surface area (Å²) in [4.78, 5) is 31.1. The molecule has 0 spiro atoms. The highest BCUT2D eigenvalue weighted by Gasteiger charge is 2.34. The number of para-hydroxylation sites is 1. The molecule has 1 atom stereocenters. The lowest BCUT2D eigenvalue weighted by Gasteiger charge is -2.17. The molecule has 1 N–H and O–H groups in total. The van der Waals surface area contributed by atoms with Crippen molar-refractivity contribution in [1.29, 1.82) is 0 Å². The lowest BCUT2D eigenvalue weighted by atomic mass is 10.1. The van der Waals surface area contributed by atoms with Gasteiger partial charge in [0.2, 0.25) is 11.8 Å². The van der Waals surface area contributed by atoms with Gasteiger partial charge in [-0.1, -0.05) is 47.6 Å². The van der Waals surface area contributed by atoms with Crippen LogP contribution in [-0.4, -0.2) is 33.4 Å². The number of anilines is 1. The number of amides is 2. The lowest BCUT2D eigenvalue weighted by Crippen LogP contribution is -2.28. The van der Waals surface area contributed by atoms with Crippen molar-refractivity contribution < 1.29 is 14.1 Å².